The number of carbonyl (C=O) groups is 1. The Morgan fingerprint density at radius 2 is 2.22 bits per heavy atom. The van der Waals surface area contributed by atoms with E-state index in [4.69, 9.17) is 5.73 Å². The van der Waals surface area contributed by atoms with Crippen molar-refractivity contribution in [1.29, 1.82) is 0 Å². The van der Waals surface area contributed by atoms with Gasteiger partial charge in [0.2, 0.25) is 5.91 Å². The van der Waals surface area contributed by atoms with Crippen molar-refractivity contribution in [1.82, 2.24) is 0 Å². The van der Waals surface area contributed by atoms with Gasteiger partial charge in [0.15, 0.2) is 0 Å². The molecule has 1 saturated carbocycles. The molecule has 1 aromatic rings. The van der Waals surface area contributed by atoms with Crippen molar-refractivity contribution in [3.8, 4) is 0 Å². The summed E-state index contributed by atoms with van der Waals surface area (Å²) in [6.07, 6.45) is 9.79. The molecular formula is C23H31NO3. The highest BCUT2D eigenvalue weighted by molar-refractivity contribution is 5.73. The molecule has 4 N–H and O–H groups in total. The van der Waals surface area contributed by atoms with Crippen molar-refractivity contribution < 1.29 is 15.0 Å². The van der Waals surface area contributed by atoms with Gasteiger partial charge in [0.05, 0.1) is 12.2 Å². The molecule has 0 unspecified atom stereocenters. The first-order chi connectivity index (χ1) is 12.9. The minimum absolute atomic E-state index is 0.0899. The summed E-state index contributed by atoms with van der Waals surface area (Å²) < 4.78 is 0. The lowest BCUT2D eigenvalue weighted by Gasteiger charge is -2.19. The van der Waals surface area contributed by atoms with Crippen molar-refractivity contribution in [2.75, 3.05) is 0 Å². The number of aliphatic hydroxyl groups is 2. The fourth-order valence-corrected chi connectivity index (χ4v) is 4.69. The minimum Gasteiger partial charge on any atom is -0.392 e. The van der Waals surface area contributed by atoms with Crippen LogP contribution in [0.5, 0.6) is 0 Å². The number of fused-ring (bicyclic) bond motifs is 1. The second kappa shape index (κ2) is 8.85. The van der Waals surface area contributed by atoms with Crippen LogP contribution in [0.1, 0.15) is 43.2 Å². The lowest BCUT2D eigenvalue weighted by Crippen LogP contribution is -2.18. The smallest absolute Gasteiger partial charge is 0.217 e. The van der Waals surface area contributed by atoms with E-state index in [0.29, 0.717) is 24.7 Å². The summed E-state index contributed by atoms with van der Waals surface area (Å²) in [5.41, 5.74) is 8.92. The van der Waals surface area contributed by atoms with Crippen LogP contribution in [0.15, 0.2) is 48.1 Å². The second-order valence-electron chi connectivity index (χ2n) is 8.20. The van der Waals surface area contributed by atoms with Gasteiger partial charge in [-0.1, -0.05) is 53.6 Å². The summed E-state index contributed by atoms with van der Waals surface area (Å²) in [6, 6.07) is 8.19. The highest BCUT2D eigenvalue weighted by Gasteiger charge is 2.43. The molecule has 1 aromatic carbocycles. The van der Waals surface area contributed by atoms with Gasteiger partial charge < -0.3 is 15.9 Å². The van der Waals surface area contributed by atoms with E-state index in [9.17, 15) is 15.0 Å². The first-order valence-corrected chi connectivity index (χ1v) is 10.00. The molecule has 27 heavy (non-hydrogen) atoms. The Balaban J connectivity index is 1.54. The predicted octanol–water partition coefficient (Wildman–Crippen LogP) is 3.05. The summed E-state index contributed by atoms with van der Waals surface area (Å²) in [5.74, 6) is 0.665. The van der Waals surface area contributed by atoms with E-state index in [2.05, 4.69) is 25.1 Å². The van der Waals surface area contributed by atoms with Crippen molar-refractivity contribution in [2.45, 2.75) is 57.7 Å². The number of benzene rings is 1. The Hall–Kier alpha value is -1.91. The number of rotatable bonds is 8. The minimum atomic E-state index is -0.539. The molecular weight excluding hydrogens is 338 g/mol. The first-order valence-electron chi connectivity index (χ1n) is 10.00. The van der Waals surface area contributed by atoms with E-state index in [-0.39, 0.29) is 17.9 Å². The Morgan fingerprint density at radius 1 is 1.41 bits per heavy atom. The number of hydrogen-bond donors (Lipinski definition) is 3. The van der Waals surface area contributed by atoms with Crippen LogP contribution < -0.4 is 5.73 Å². The molecule has 1 amide bonds. The predicted molar refractivity (Wildman–Crippen MR) is 107 cm³/mol. The van der Waals surface area contributed by atoms with Crippen LogP contribution in [0.3, 0.4) is 0 Å². The number of aliphatic hydroxyl groups excluding tert-OH is 2. The molecule has 2 aliphatic carbocycles. The molecule has 1 fully saturated rings. The maximum absolute atomic E-state index is 10.9. The third-order valence-electron chi connectivity index (χ3n) is 5.95. The van der Waals surface area contributed by atoms with Crippen molar-refractivity contribution in [2.24, 2.45) is 23.5 Å². The van der Waals surface area contributed by atoms with Crippen LogP contribution in [0.4, 0.5) is 0 Å². The Labute approximate surface area is 161 Å². The highest BCUT2D eigenvalue weighted by Crippen LogP contribution is 2.48. The normalized spacial score (nSPS) is 28.3. The maximum atomic E-state index is 10.9. The van der Waals surface area contributed by atoms with Crippen LogP contribution in [-0.2, 0) is 11.2 Å². The first kappa shape index (κ1) is 19.8. The molecule has 0 heterocycles. The van der Waals surface area contributed by atoms with Crippen LogP contribution in [-0.4, -0.2) is 28.3 Å². The average Bonchev–Trinajstić information content (AvgIpc) is 3.09. The third-order valence-corrected chi connectivity index (χ3v) is 5.95. The fraction of sp³-hybridized carbons (Fsp3) is 0.522. The van der Waals surface area contributed by atoms with Crippen LogP contribution >= 0.6 is 0 Å². The van der Waals surface area contributed by atoms with Gasteiger partial charge in [-0.3, -0.25) is 4.79 Å². The van der Waals surface area contributed by atoms with Crippen LogP contribution in [0.25, 0.3) is 0 Å². The Morgan fingerprint density at radius 3 is 2.96 bits per heavy atom. The topological polar surface area (TPSA) is 83.5 Å². The number of hydrogen-bond acceptors (Lipinski definition) is 3. The summed E-state index contributed by atoms with van der Waals surface area (Å²) in [4.78, 5) is 10.9. The van der Waals surface area contributed by atoms with E-state index < -0.39 is 6.10 Å². The number of carbonyl (C=O) groups excluding carboxylic acids is 1. The molecule has 0 saturated heterocycles. The van der Waals surface area contributed by atoms with Crippen LogP contribution in [0.2, 0.25) is 0 Å². The number of amides is 1. The van der Waals surface area contributed by atoms with E-state index in [0.717, 1.165) is 31.2 Å². The molecule has 4 nitrogen and oxygen atoms in total. The highest BCUT2D eigenvalue weighted by atomic mass is 16.3. The lowest BCUT2D eigenvalue weighted by molar-refractivity contribution is -0.118. The third kappa shape index (κ3) is 5.30. The number of allylic oxidation sites excluding steroid dienone is 2. The van der Waals surface area contributed by atoms with Gasteiger partial charge >= 0.3 is 0 Å². The molecule has 0 aromatic heterocycles. The molecule has 146 valence electrons. The summed E-state index contributed by atoms with van der Waals surface area (Å²) in [7, 11) is 0. The summed E-state index contributed by atoms with van der Waals surface area (Å²) in [5, 5.41) is 20.8. The van der Waals surface area contributed by atoms with E-state index in [1.807, 2.05) is 24.3 Å². The Bertz CT molecular complexity index is 724. The van der Waals surface area contributed by atoms with Gasteiger partial charge in [-0.05, 0) is 50.0 Å². The molecule has 2 aliphatic rings. The number of aryl methyl sites for hydroxylation is 1. The maximum Gasteiger partial charge on any atom is 0.217 e. The second-order valence-corrected chi connectivity index (χ2v) is 8.20. The quantitative estimate of drug-likeness (QED) is 0.616. The number of nitrogens with two attached hydrogens (primary N) is 1. The van der Waals surface area contributed by atoms with Gasteiger partial charge in [-0.2, -0.15) is 0 Å². The molecule has 0 spiro atoms. The van der Waals surface area contributed by atoms with Gasteiger partial charge in [0.1, 0.15) is 0 Å². The van der Waals surface area contributed by atoms with E-state index in [1.165, 1.54) is 11.1 Å². The molecule has 4 heteroatoms. The SMILES string of the molecule is Cc1cccc(C[C@H](O)/C=C/[C@@H]2[C@H]3CC(CCCC(N)=O)=C[C@H]3C[C@H]2O)c1. The van der Waals surface area contributed by atoms with Crippen molar-refractivity contribution in [3.63, 3.8) is 0 Å². The zero-order chi connectivity index (χ0) is 19.4. The monoisotopic (exact) mass is 369 g/mol. The van der Waals surface area contributed by atoms with E-state index >= 15 is 0 Å². The Kier molecular flexibility index (Phi) is 6.51. The summed E-state index contributed by atoms with van der Waals surface area (Å²) >= 11 is 0. The molecule has 0 bridgehead atoms. The largest absolute Gasteiger partial charge is 0.392 e. The van der Waals surface area contributed by atoms with Gasteiger partial charge in [0.25, 0.3) is 0 Å². The standard InChI is InChI=1S/C23H31NO3/c1-15-4-2-5-16(10-15)12-19(25)8-9-20-21-13-17(6-3-7-23(24)27)11-18(21)14-22(20)26/h2,4-5,8-11,18-22,25-26H,3,6-7,12-14H2,1H3,(H2,24,27)/b9-8+/t18-,19+,20+,21-,22+/m0/s1. The van der Waals surface area contributed by atoms with Crippen LogP contribution in [0, 0.1) is 24.7 Å². The zero-order valence-corrected chi connectivity index (χ0v) is 16.1. The van der Waals surface area contributed by atoms with Crippen molar-refractivity contribution >= 4 is 5.91 Å². The zero-order valence-electron chi connectivity index (χ0n) is 16.1. The van der Waals surface area contributed by atoms with Gasteiger partial charge in [-0.15, -0.1) is 0 Å². The molecule has 5 atom stereocenters. The lowest BCUT2D eigenvalue weighted by atomic mass is 9.88. The van der Waals surface area contributed by atoms with Crippen molar-refractivity contribution in [3.05, 3.63) is 59.2 Å². The van der Waals surface area contributed by atoms with E-state index in [1.54, 1.807) is 0 Å². The fourth-order valence-electron chi connectivity index (χ4n) is 4.69. The van der Waals surface area contributed by atoms with Gasteiger partial charge in [0, 0.05) is 18.8 Å². The average molecular weight is 370 g/mol. The molecule has 3 rings (SSSR count). The molecule has 0 aliphatic heterocycles. The number of primary amides is 1. The molecule has 0 radical (unpaired) electrons. The van der Waals surface area contributed by atoms with Gasteiger partial charge in [-0.25, -0.2) is 0 Å². The summed E-state index contributed by atoms with van der Waals surface area (Å²) in [6.45, 7) is 2.05.